The van der Waals surface area contributed by atoms with Crippen molar-refractivity contribution in [2.24, 2.45) is 17.8 Å². The monoisotopic (exact) mass is 193 g/mol. The summed E-state index contributed by atoms with van der Waals surface area (Å²) in [5, 5.41) is 0. The van der Waals surface area contributed by atoms with E-state index in [1.54, 1.807) is 0 Å². The summed E-state index contributed by atoms with van der Waals surface area (Å²) >= 11 is 0. The Labute approximate surface area is 87.2 Å². The van der Waals surface area contributed by atoms with Crippen LogP contribution in [-0.2, 0) is 4.74 Å². The summed E-state index contributed by atoms with van der Waals surface area (Å²) < 4.78 is 6.07. The summed E-state index contributed by atoms with van der Waals surface area (Å²) in [7, 11) is 0. The summed E-state index contributed by atoms with van der Waals surface area (Å²) in [6.07, 6.45) is 9.65. The molecule has 0 amide bonds. The van der Waals surface area contributed by atoms with Crippen molar-refractivity contribution in [3.8, 4) is 0 Å². The molecular formula is C13H21O. The third-order valence-corrected chi connectivity index (χ3v) is 4.48. The van der Waals surface area contributed by atoms with Crippen LogP contribution in [0.1, 0.15) is 51.9 Å². The van der Waals surface area contributed by atoms with Gasteiger partial charge in [0.05, 0.1) is 12.2 Å². The van der Waals surface area contributed by atoms with Crippen LogP contribution < -0.4 is 0 Å². The Morgan fingerprint density at radius 3 is 2.00 bits per heavy atom. The zero-order valence-electron chi connectivity index (χ0n) is 9.17. The first kappa shape index (κ1) is 9.21. The molecule has 4 aliphatic rings. The van der Waals surface area contributed by atoms with E-state index in [9.17, 15) is 0 Å². The average molecular weight is 193 g/mol. The van der Waals surface area contributed by atoms with E-state index in [1.807, 2.05) is 6.61 Å². The van der Waals surface area contributed by atoms with Crippen molar-refractivity contribution in [2.45, 2.75) is 57.5 Å². The molecule has 4 rings (SSSR count). The van der Waals surface area contributed by atoms with Crippen LogP contribution in [-0.4, -0.2) is 5.60 Å². The average Bonchev–Trinajstić information content (AvgIpc) is 2.12. The fraction of sp³-hybridized carbons (Fsp3) is 0.923. The summed E-state index contributed by atoms with van der Waals surface area (Å²) in [4.78, 5) is 0. The standard InChI is InChI=1S/C13H21O/c1-2-3-14-13-7-10-4-11(8-13)6-12(5-10)9-13/h3,10-12H,2,4-9H2,1H3. The van der Waals surface area contributed by atoms with Crippen LogP contribution in [0, 0.1) is 24.4 Å². The normalized spacial score (nSPS) is 49.9. The molecule has 0 unspecified atom stereocenters. The van der Waals surface area contributed by atoms with Gasteiger partial charge in [-0.2, -0.15) is 0 Å². The molecule has 0 heterocycles. The molecule has 0 saturated heterocycles. The van der Waals surface area contributed by atoms with E-state index in [4.69, 9.17) is 4.74 Å². The van der Waals surface area contributed by atoms with Crippen LogP contribution in [0.25, 0.3) is 0 Å². The van der Waals surface area contributed by atoms with Crippen LogP contribution >= 0.6 is 0 Å². The maximum absolute atomic E-state index is 6.07. The molecule has 1 radical (unpaired) electrons. The molecule has 0 aliphatic heterocycles. The van der Waals surface area contributed by atoms with Crippen LogP contribution in [0.5, 0.6) is 0 Å². The van der Waals surface area contributed by atoms with Gasteiger partial charge < -0.3 is 4.74 Å². The van der Waals surface area contributed by atoms with Gasteiger partial charge in [0.1, 0.15) is 0 Å². The Bertz CT molecular complexity index is 186. The molecule has 0 atom stereocenters. The molecule has 4 aliphatic carbocycles. The van der Waals surface area contributed by atoms with Crippen molar-refractivity contribution in [1.29, 1.82) is 0 Å². The first-order valence-corrected chi connectivity index (χ1v) is 6.29. The molecule has 4 saturated carbocycles. The lowest BCUT2D eigenvalue weighted by molar-refractivity contribution is -0.143. The Morgan fingerprint density at radius 2 is 1.57 bits per heavy atom. The number of hydrogen-bond donors (Lipinski definition) is 0. The first-order valence-electron chi connectivity index (χ1n) is 6.29. The maximum Gasteiger partial charge on any atom is 0.0841 e. The third-order valence-electron chi connectivity index (χ3n) is 4.48. The van der Waals surface area contributed by atoms with Crippen molar-refractivity contribution >= 4 is 0 Å². The number of rotatable bonds is 3. The second-order valence-corrected chi connectivity index (χ2v) is 5.79. The largest absolute Gasteiger partial charge is 0.369 e. The summed E-state index contributed by atoms with van der Waals surface area (Å²) in [6, 6.07) is 0. The highest BCUT2D eigenvalue weighted by Gasteiger charge is 2.51. The molecule has 0 spiro atoms. The van der Waals surface area contributed by atoms with Gasteiger partial charge in [-0.05, 0) is 62.7 Å². The molecular weight excluding hydrogens is 172 g/mol. The zero-order valence-corrected chi connectivity index (χ0v) is 9.17. The molecule has 0 aromatic rings. The highest BCUT2D eigenvalue weighted by Crippen LogP contribution is 2.57. The fourth-order valence-electron chi connectivity index (χ4n) is 4.44. The van der Waals surface area contributed by atoms with Gasteiger partial charge in [-0.15, -0.1) is 0 Å². The zero-order chi connectivity index (χ0) is 9.60. The predicted molar refractivity (Wildman–Crippen MR) is 56.6 cm³/mol. The summed E-state index contributed by atoms with van der Waals surface area (Å²) in [5.74, 6) is 3.02. The Hall–Kier alpha value is -0.0400. The first-order chi connectivity index (χ1) is 6.80. The molecule has 14 heavy (non-hydrogen) atoms. The molecule has 79 valence electrons. The van der Waals surface area contributed by atoms with Gasteiger partial charge in [0.2, 0.25) is 0 Å². The second-order valence-electron chi connectivity index (χ2n) is 5.79. The van der Waals surface area contributed by atoms with Gasteiger partial charge in [-0.25, -0.2) is 0 Å². The molecule has 4 fully saturated rings. The van der Waals surface area contributed by atoms with Crippen molar-refractivity contribution in [2.75, 3.05) is 0 Å². The van der Waals surface area contributed by atoms with Gasteiger partial charge in [0, 0.05) is 0 Å². The number of hydrogen-bond acceptors (Lipinski definition) is 1. The van der Waals surface area contributed by atoms with E-state index in [2.05, 4.69) is 6.92 Å². The van der Waals surface area contributed by atoms with E-state index in [0.29, 0.717) is 5.60 Å². The van der Waals surface area contributed by atoms with Crippen molar-refractivity contribution in [3.63, 3.8) is 0 Å². The van der Waals surface area contributed by atoms with Gasteiger partial charge >= 0.3 is 0 Å². The minimum atomic E-state index is 0.296. The Balaban J connectivity index is 1.74. The third kappa shape index (κ3) is 1.41. The summed E-state index contributed by atoms with van der Waals surface area (Å²) in [5.41, 5.74) is 0.296. The van der Waals surface area contributed by atoms with E-state index < -0.39 is 0 Å². The fourth-order valence-corrected chi connectivity index (χ4v) is 4.44. The SMILES string of the molecule is CC[CH]OC12CC3CC(CC(C3)C1)C2. The van der Waals surface area contributed by atoms with Gasteiger partial charge in [-0.3, -0.25) is 0 Å². The van der Waals surface area contributed by atoms with E-state index in [-0.39, 0.29) is 0 Å². The quantitative estimate of drug-likeness (QED) is 0.666. The Morgan fingerprint density at radius 1 is 1.07 bits per heavy atom. The van der Waals surface area contributed by atoms with E-state index >= 15 is 0 Å². The topological polar surface area (TPSA) is 9.23 Å². The van der Waals surface area contributed by atoms with E-state index in [1.165, 1.54) is 38.5 Å². The van der Waals surface area contributed by atoms with Gasteiger partial charge in [-0.1, -0.05) is 6.92 Å². The highest BCUT2D eigenvalue weighted by atomic mass is 16.5. The summed E-state index contributed by atoms with van der Waals surface area (Å²) in [6.45, 7) is 4.22. The van der Waals surface area contributed by atoms with Crippen LogP contribution in [0.15, 0.2) is 0 Å². The maximum atomic E-state index is 6.07. The molecule has 1 nitrogen and oxygen atoms in total. The van der Waals surface area contributed by atoms with Gasteiger partial charge in [0.25, 0.3) is 0 Å². The molecule has 0 N–H and O–H groups in total. The molecule has 1 heteroatoms. The minimum absolute atomic E-state index is 0.296. The second kappa shape index (κ2) is 3.23. The number of ether oxygens (including phenoxy) is 1. The van der Waals surface area contributed by atoms with E-state index in [0.717, 1.165) is 24.2 Å². The lowest BCUT2D eigenvalue weighted by Crippen LogP contribution is -2.51. The lowest BCUT2D eigenvalue weighted by atomic mass is 9.54. The smallest absolute Gasteiger partial charge is 0.0841 e. The highest BCUT2D eigenvalue weighted by molar-refractivity contribution is 5.03. The minimum Gasteiger partial charge on any atom is -0.369 e. The van der Waals surface area contributed by atoms with Crippen molar-refractivity contribution in [1.82, 2.24) is 0 Å². The molecule has 4 bridgehead atoms. The Kier molecular flexibility index (Phi) is 2.12. The van der Waals surface area contributed by atoms with Gasteiger partial charge in [0.15, 0.2) is 0 Å². The predicted octanol–water partition coefficient (Wildman–Crippen LogP) is 3.54. The van der Waals surface area contributed by atoms with Crippen LogP contribution in [0.3, 0.4) is 0 Å². The van der Waals surface area contributed by atoms with Crippen LogP contribution in [0.4, 0.5) is 0 Å². The molecule has 0 aromatic heterocycles. The molecule has 0 aromatic carbocycles. The van der Waals surface area contributed by atoms with Crippen molar-refractivity contribution < 1.29 is 4.74 Å². The lowest BCUT2D eigenvalue weighted by Gasteiger charge is -2.56. The van der Waals surface area contributed by atoms with Crippen molar-refractivity contribution in [3.05, 3.63) is 6.61 Å². The van der Waals surface area contributed by atoms with Crippen LogP contribution in [0.2, 0.25) is 0 Å².